The number of hydrogen-bond acceptors (Lipinski definition) is 3. The molecule has 0 aliphatic carbocycles. The SMILES string of the molecule is O=C1CC(c2cccs2)c2ncn(-c3ccccc3)c2N1. The molecular weight excluding hydrogens is 282 g/mol. The second-order valence-corrected chi connectivity index (χ2v) is 5.98. The molecule has 0 saturated carbocycles. The monoisotopic (exact) mass is 295 g/mol. The van der Waals surface area contributed by atoms with Crippen molar-refractivity contribution in [2.45, 2.75) is 12.3 Å². The van der Waals surface area contributed by atoms with Crippen LogP contribution >= 0.6 is 11.3 Å². The summed E-state index contributed by atoms with van der Waals surface area (Å²) in [6.07, 6.45) is 2.24. The van der Waals surface area contributed by atoms with Crippen molar-refractivity contribution >= 4 is 23.1 Å². The number of fused-ring (bicyclic) bond motifs is 1. The van der Waals surface area contributed by atoms with Crippen molar-refractivity contribution in [1.29, 1.82) is 0 Å². The number of hydrogen-bond donors (Lipinski definition) is 1. The van der Waals surface area contributed by atoms with E-state index in [2.05, 4.69) is 16.4 Å². The van der Waals surface area contributed by atoms with Gasteiger partial charge in [-0.1, -0.05) is 24.3 Å². The van der Waals surface area contributed by atoms with Gasteiger partial charge in [0.25, 0.3) is 0 Å². The molecule has 4 nitrogen and oxygen atoms in total. The Kier molecular flexibility index (Phi) is 2.86. The number of rotatable bonds is 2. The molecule has 0 bridgehead atoms. The number of para-hydroxylation sites is 1. The number of carbonyl (C=O) groups excluding carboxylic acids is 1. The average molecular weight is 295 g/mol. The molecule has 21 heavy (non-hydrogen) atoms. The third-order valence-corrected chi connectivity index (χ3v) is 4.68. The fraction of sp³-hybridized carbons (Fsp3) is 0.125. The summed E-state index contributed by atoms with van der Waals surface area (Å²) in [6, 6.07) is 14.0. The van der Waals surface area contributed by atoms with E-state index in [0.29, 0.717) is 6.42 Å². The molecule has 1 aliphatic rings. The Hall–Kier alpha value is -2.40. The van der Waals surface area contributed by atoms with E-state index in [4.69, 9.17) is 0 Å². The third-order valence-electron chi connectivity index (χ3n) is 3.69. The summed E-state index contributed by atoms with van der Waals surface area (Å²) >= 11 is 1.67. The van der Waals surface area contributed by atoms with Crippen LogP contribution in [0.15, 0.2) is 54.2 Å². The lowest BCUT2D eigenvalue weighted by atomic mass is 9.96. The number of amides is 1. The van der Waals surface area contributed by atoms with Gasteiger partial charge in [0.05, 0.1) is 5.69 Å². The minimum Gasteiger partial charge on any atom is -0.310 e. The van der Waals surface area contributed by atoms with Crippen LogP contribution in [-0.4, -0.2) is 15.5 Å². The molecule has 3 aromatic rings. The highest BCUT2D eigenvalue weighted by Crippen LogP contribution is 2.38. The van der Waals surface area contributed by atoms with Crippen LogP contribution in [0.4, 0.5) is 5.82 Å². The van der Waals surface area contributed by atoms with Crippen LogP contribution in [-0.2, 0) is 4.79 Å². The third kappa shape index (κ3) is 2.06. The average Bonchev–Trinajstić information content (AvgIpc) is 3.17. The lowest BCUT2D eigenvalue weighted by Crippen LogP contribution is -2.24. The maximum absolute atomic E-state index is 12.1. The topological polar surface area (TPSA) is 46.9 Å². The van der Waals surface area contributed by atoms with E-state index in [-0.39, 0.29) is 11.8 Å². The summed E-state index contributed by atoms with van der Waals surface area (Å²) in [5, 5.41) is 5.00. The molecule has 0 spiro atoms. The van der Waals surface area contributed by atoms with Crippen LogP contribution in [0.5, 0.6) is 0 Å². The molecular formula is C16H13N3OS. The fourth-order valence-electron chi connectivity index (χ4n) is 2.72. The highest BCUT2D eigenvalue weighted by Gasteiger charge is 2.31. The summed E-state index contributed by atoms with van der Waals surface area (Å²) in [7, 11) is 0. The molecule has 2 aromatic heterocycles. The van der Waals surface area contributed by atoms with Crippen LogP contribution < -0.4 is 5.32 Å². The summed E-state index contributed by atoms with van der Waals surface area (Å²) < 4.78 is 1.94. The van der Waals surface area contributed by atoms with Gasteiger partial charge in [0.2, 0.25) is 5.91 Å². The first-order valence-electron chi connectivity index (χ1n) is 6.79. The van der Waals surface area contributed by atoms with Gasteiger partial charge in [-0.25, -0.2) is 4.98 Å². The van der Waals surface area contributed by atoms with Gasteiger partial charge in [0.15, 0.2) is 0 Å². The fourth-order valence-corrected chi connectivity index (χ4v) is 3.55. The zero-order valence-electron chi connectivity index (χ0n) is 11.2. The first kappa shape index (κ1) is 12.3. The lowest BCUT2D eigenvalue weighted by molar-refractivity contribution is -0.116. The molecule has 104 valence electrons. The Bertz CT molecular complexity index is 777. The second-order valence-electron chi connectivity index (χ2n) is 5.00. The Morgan fingerprint density at radius 1 is 1.19 bits per heavy atom. The normalized spacial score (nSPS) is 17.3. The van der Waals surface area contributed by atoms with Crippen LogP contribution in [0.1, 0.15) is 22.9 Å². The first-order chi connectivity index (χ1) is 10.3. The van der Waals surface area contributed by atoms with Gasteiger partial charge in [-0.15, -0.1) is 11.3 Å². The van der Waals surface area contributed by atoms with Gasteiger partial charge in [-0.3, -0.25) is 9.36 Å². The van der Waals surface area contributed by atoms with Gasteiger partial charge in [-0.2, -0.15) is 0 Å². The number of anilines is 1. The van der Waals surface area contributed by atoms with Crippen LogP contribution in [0, 0.1) is 0 Å². The number of thiophene rings is 1. The lowest BCUT2D eigenvalue weighted by Gasteiger charge is -2.22. The molecule has 1 amide bonds. The van der Waals surface area contributed by atoms with E-state index >= 15 is 0 Å². The molecule has 1 N–H and O–H groups in total. The summed E-state index contributed by atoms with van der Waals surface area (Å²) in [5.74, 6) is 0.883. The van der Waals surface area contributed by atoms with E-state index in [1.807, 2.05) is 46.3 Å². The molecule has 4 rings (SSSR count). The van der Waals surface area contributed by atoms with Crippen molar-refractivity contribution in [3.63, 3.8) is 0 Å². The van der Waals surface area contributed by atoms with Crippen molar-refractivity contribution in [1.82, 2.24) is 9.55 Å². The summed E-state index contributed by atoms with van der Waals surface area (Å²) in [6.45, 7) is 0. The van der Waals surface area contributed by atoms with Crippen LogP contribution in [0.25, 0.3) is 5.69 Å². The molecule has 1 aromatic carbocycles. The smallest absolute Gasteiger partial charge is 0.226 e. The minimum atomic E-state index is 0.0404. The predicted octanol–water partition coefficient (Wildman–Crippen LogP) is 3.41. The van der Waals surface area contributed by atoms with Crippen molar-refractivity contribution < 1.29 is 4.79 Å². The molecule has 1 unspecified atom stereocenters. The number of carbonyl (C=O) groups is 1. The predicted molar refractivity (Wildman–Crippen MR) is 83.0 cm³/mol. The second kappa shape index (κ2) is 4.86. The molecule has 3 heterocycles. The maximum atomic E-state index is 12.1. The van der Waals surface area contributed by atoms with Gasteiger partial charge < -0.3 is 5.32 Å². The Morgan fingerprint density at radius 2 is 2.05 bits per heavy atom. The van der Waals surface area contributed by atoms with Gasteiger partial charge >= 0.3 is 0 Å². The maximum Gasteiger partial charge on any atom is 0.226 e. The molecule has 1 atom stereocenters. The zero-order valence-corrected chi connectivity index (χ0v) is 12.0. The standard InChI is InChI=1S/C16H13N3OS/c20-14-9-12(13-7-4-8-21-13)15-16(18-14)19(10-17-15)11-5-2-1-3-6-11/h1-8,10,12H,9H2,(H,18,20). The largest absolute Gasteiger partial charge is 0.310 e. The Morgan fingerprint density at radius 3 is 2.81 bits per heavy atom. The first-order valence-corrected chi connectivity index (χ1v) is 7.67. The number of aromatic nitrogens is 2. The highest BCUT2D eigenvalue weighted by molar-refractivity contribution is 7.10. The van der Waals surface area contributed by atoms with E-state index < -0.39 is 0 Å². The molecule has 0 radical (unpaired) electrons. The molecule has 0 fully saturated rings. The van der Waals surface area contributed by atoms with Crippen molar-refractivity contribution in [2.24, 2.45) is 0 Å². The summed E-state index contributed by atoms with van der Waals surface area (Å²) in [5.41, 5.74) is 1.94. The van der Waals surface area contributed by atoms with E-state index in [1.165, 1.54) is 4.88 Å². The van der Waals surface area contributed by atoms with Crippen molar-refractivity contribution in [3.05, 3.63) is 64.7 Å². The Balaban J connectivity index is 1.84. The van der Waals surface area contributed by atoms with E-state index in [9.17, 15) is 4.79 Å². The number of benzene rings is 1. The van der Waals surface area contributed by atoms with E-state index in [0.717, 1.165) is 17.2 Å². The molecule has 1 aliphatic heterocycles. The van der Waals surface area contributed by atoms with Crippen molar-refractivity contribution in [3.8, 4) is 5.69 Å². The number of imidazole rings is 1. The van der Waals surface area contributed by atoms with Gasteiger partial charge in [0, 0.05) is 22.9 Å². The number of nitrogens with zero attached hydrogens (tertiary/aromatic N) is 2. The Labute approximate surface area is 126 Å². The summed E-state index contributed by atoms with van der Waals surface area (Å²) in [4.78, 5) is 17.8. The van der Waals surface area contributed by atoms with Crippen LogP contribution in [0.3, 0.4) is 0 Å². The quantitative estimate of drug-likeness (QED) is 0.787. The van der Waals surface area contributed by atoms with E-state index in [1.54, 1.807) is 17.7 Å². The minimum absolute atomic E-state index is 0.0404. The van der Waals surface area contributed by atoms with Crippen LogP contribution in [0.2, 0.25) is 0 Å². The van der Waals surface area contributed by atoms with Gasteiger partial charge in [-0.05, 0) is 23.6 Å². The molecule has 5 heteroatoms. The van der Waals surface area contributed by atoms with Gasteiger partial charge in [0.1, 0.15) is 12.1 Å². The highest BCUT2D eigenvalue weighted by atomic mass is 32.1. The number of nitrogens with one attached hydrogen (secondary N) is 1. The zero-order chi connectivity index (χ0) is 14.2. The molecule has 0 saturated heterocycles. The van der Waals surface area contributed by atoms with Crippen molar-refractivity contribution in [2.75, 3.05) is 5.32 Å².